The molecule has 0 unspecified atom stereocenters. The standard InChI is InChI=1S/C25H27N3O7S/c1-13(29)26-14-7-9-15(10-8-14)28-22(31)18-19(23(28)32)25(24(33)34,11-12-36-3)27-20(18)16-5-4-6-17(35-2)21(16)30/h4-10,18-20,27,30H,11-12H2,1-3H3,(H,26,29)(H,33,34)/t18-,19+,20+,25+/m1/s1. The molecule has 2 heterocycles. The van der Waals surface area contributed by atoms with Crippen molar-refractivity contribution in [3.05, 3.63) is 48.0 Å². The molecule has 4 atom stereocenters. The molecule has 2 saturated heterocycles. The number of carboxylic acids is 1. The Hall–Kier alpha value is -3.57. The number of amides is 3. The molecule has 2 aromatic carbocycles. The molecule has 2 aromatic rings. The van der Waals surface area contributed by atoms with Crippen molar-refractivity contribution >= 4 is 46.8 Å². The number of fused-ring (bicyclic) bond motifs is 1. The maximum atomic E-state index is 13.8. The lowest BCUT2D eigenvalue weighted by atomic mass is 9.78. The molecule has 10 nitrogen and oxygen atoms in total. The fourth-order valence-electron chi connectivity index (χ4n) is 5.17. The van der Waals surface area contributed by atoms with Crippen LogP contribution in [0.15, 0.2) is 42.5 Å². The second-order valence-electron chi connectivity index (χ2n) is 8.78. The number of benzene rings is 2. The van der Waals surface area contributed by atoms with Gasteiger partial charge >= 0.3 is 5.97 Å². The number of para-hydroxylation sites is 1. The lowest BCUT2D eigenvalue weighted by molar-refractivity contribution is -0.148. The Morgan fingerprint density at radius 2 is 1.86 bits per heavy atom. The van der Waals surface area contributed by atoms with E-state index in [0.717, 1.165) is 4.90 Å². The highest BCUT2D eigenvalue weighted by Crippen LogP contribution is 2.53. The van der Waals surface area contributed by atoms with Gasteiger partial charge in [-0.3, -0.25) is 24.5 Å². The number of rotatable bonds is 8. The van der Waals surface area contributed by atoms with Crippen LogP contribution in [0.25, 0.3) is 0 Å². The first-order valence-electron chi connectivity index (χ1n) is 11.3. The minimum Gasteiger partial charge on any atom is -0.504 e. The smallest absolute Gasteiger partial charge is 0.324 e. The number of carboxylic acid groups (broad SMARTS) is 1. The average molecular weight is 514 g/mol. The Labute approximate surface area is 212 Å². The summed E-state index contributed by atoms with van der Waals surface area (Å²) in [6, 6.07) is 10.0. The number of methoxy groups -OCH3 is 1. The van der Waals surface area contributed by atoms with Crippen LogP contribution in [0.3, 0.4) is 0 Å². The van der Waals surface area contributed by atoms with Gasteiger partial charge in [0.25, 0.3) is 0 Å². The van der Waals surface area contributed by atoms with E-state index in [1.54, 1.807) is 30.3 Å². The van der Waals surface area contributed by atoms with Crippen LogP contribution >= 0.6 is 11.8 Å². The molecule has 2 aliphatic rings. The first-order chi connectivity index (χ1) is 17.2. The number of hydrogen-bond acceptors (Lipinski definition) is 8. The van der Waals surface area contributed by atoms with E-state index in [4.69, 9.17) is 4.74 Å². The summed E-state index contributed by atoms with van der Waals surface area (Å²) in [5.74, 6) is -4.57. The summed E-state index contributed by atoms with van der Waals surface area (Å²) in [5, 5.41) is 26.9. The van der Waals surface area contributed by atoms with Gasteiger partial charge < -0.3 is 20.3 Å². The molecule has 11 heteroatoms. The van der Waals surface area contributed by atoms with E-state index in [1.807, 2.05) is 6.26 Å². The van der Waals surface area contributed by atoms with Crippen molar-refractivity contribution in [2.45, 2.75) is 24.9 Å². The summed E-state index contributed by atoms with van der Waals surface area (Å²) in [5.41, 5.74) is -0.677. The lowest BCUT2D eigenvalue weighted by Crippen LogP contribution is -2.56. The van der Waals surface area contributed by atoms with E-state index in [9.17, 15) is 29.4 Å². The number of nitrogens with one attached hydrogen (secondary N) is 2. The Kier molecular flexibility index (Phi) is 6.96. The maximum Gasteiger partial charge on any atom is 0.324 e. The van der Waals surface area contributed by atoms with Gasteiger partial charge in [-0.05, 0) is 48.8 Å². The SMILES string of the molecule is COc1cccc([C@@H]2N[C@](CCSC)(C(=O)O)[C@@H]3C(=O)N(c4ccc(NC(C)=O)cc4)C(=O)[C@H]32)c1O. The topological polar surface area (TPSA) is 145 Å². The van der Waals surface area contributed by atoms with E-state index in [2.05, 4.69) is 10.6 Å². The molecule has 0 bridgehead atoms. The van der Waals surface area contributed by atoms with Crippen molar-refractivity contribution in [2.24, 2.45) is 11.8 Å². The van der Waals surface area contributed by atoms with E-state index in [1.165, 1.54) is 37.9 Å². The molecule has 36 heavy (non-hydrogen) atoms. The first kappa shape index (κ1) is 25.5. The molecular formula is C25H27N3O7S. The normalized spacial score (nSPS) is 25.1. The van der Waals surface area contributed by atoms with Gasteiger partial charge in [0.15, 0.2) is 11.5 Å². The molecule has 0 radical (unpaired) electrons. The number of phenolic OH excluding ortho intramolecular Hbond substituents is 1. The third kappa shape index (κ3) is 4.07. The fraction of sp³-hybridized carbons (Fsp3) is 0.360. The van der Waals surface area contributed by atoms with Crippen LogP contribution in [0, 0.1) is 11.8 Å². The average Bonchev–Trinajstić information content (AvgIpc) is 3.32. The lowest BCUT2D eigenvalue weighted by Gasteiger charge is -2.31. The third-order valence-corrected chi connectivity index (χ3v) is 7.38. The largest absolute Gasteiger partial charge is 0.504 e. The summed E-state index contributed by atoms with van der Waals surface area (Å²) >= 11 is 1.43. The van der Waals surface area contributed by atoms with Crippen LogP contribution < -0.4 is 20.3 Å². The number of carbonyl (C=O) groups is 4. The summed E-state index contributed by atoms with van der Waals surface area (Å²) in [6.07, 6.45) is 1.93. The van der Waals surface area contributed by atoms with Crippen molar-refractivity contribution in [2.75, 3.05) is 29.3 Å². The quantitative estimate of drug-likeness (QED) is 0.391. The molecule has 2 aliphatic heterocycles. The number of imide groups is 1. The van der Waals surface area contributed by atoms with Gasteiger partial charge in [-0.2, -0.15) is 11.8 Å². The zero-order chi connectivity index (χ0) is 26.2. The zero-order valence-electron chi connectivity index (χ0n) is 20.0. The van der Waals surface area contributed by atoms with Crippen molar-refractivity contribution in [3.63, 3.8) is 0 Å². The molecule has 3 amide bonds. The van der Waals surface area contributed by atoms with E-state index in [0.29, 0.717) is 11.4 Å². The van der Waals surface area contributed by atoms with Crippen molar-refractivity contribution in [1.82, 2.24) is 5.32 Å². The minimum absolute atomic E-state index is 0.0974. The van der Waals surface area contributed by atoms with Gasteiger partial charge in [-0.25, -0.2) is 4.90 Å². The number of anilines is 2. The summed E-state index contributed by atoms with van der Waals surface area (Å²) in [6.45, 7) is 1.36. The second-order valence-corrected chi connectivity index (χ2v) is 9.77. The van der Waals surface area contributed by atoms with Gasteiger partial charge in [0.1, 0.15) is 5.54 Å². The Morgan fingerprint density at radius 3 is 2.44 bits per heavy atom. The zero-order valence-corrected chi connectivity index (χ0v) is 20.8. The molecule has 0 aliphatic carbocycles. The third-order valence-electron chi connectivity index (χ3n) is 6.77. The van der Waals surface area contributed by atoms with Crippen LogP contribution in [0.1, 0.15) is 24.9 Å². The molecule has 0 aromatic heterocycles. The number of ether oxygens (including phenoxy) is 1. The number of hydrogen-bond donors (Lipinski definition) is 4. The molecule has 0 spiro atoms. The predicted molar refractivity (Wildman–Crippen MR) is 134 cm³/mol. The van der Waals surface area contributed by atoms with E-state index in [-0.39, 0.29) is 35.1 Å². The highest BCUT2D eigenvalue weighted by atomic mass is 32.2. The van der Waals surface area contributed by atoms with Crippen LogP contribution in [-0.2, 0) is 19.2 Å². The number of phenols is 1. The minimum atomic E-state index is -1.72. The van der Waals surface area contributed by atoms with Crippen LogP contribution in [0.2, 0.25) is 0 Å². The summed E-state index contributed by atoms with van der Waals surface area (Å²) in [4.78, 5) is 52.6. The van der Waals surface area contributed by atoms with Gasteiger partial charge in [-0.1, -0.05) is 12.1 Å². The number of carbonyl (C=O) groups excluding carboxylic acids is 3. The first-order valence-corrected chi connectivity index (χ1v) is 12.7. The van der Waals surface area contributed by atoms with Gasteiger partial charge in [0.05, 0.1) is 24.6 Å². The van der Waals surface area contributed by atoms with Crippen LogP contribution in [0.4, 0.5) is 11.4 Å². The Balaban J connectivity index is 1.82. The van der Waals surface area contributed by atoms with Crippen molar-refractivity contribution in [1.29, 1.82) is 0 Å². The van der Waals surface area contributed by atoms with Crippen LogP contribution in [0.5, 0.6) is 11.5 Å². The summed E-state index contributed by atoms with van der Waals surface area (Å²) < 4.78 is 5.21. The van der Waals surface area contributed by atoms with E-state index >= 15 is 0 Å². The molecule has 4 N–H and O–H groups in total. The highest BCUT2D eigenvalue weighted by Gasteiger charge is 2.68. The Bertz CT molecular complexity index is 1220. The highest BCUT2D eigenvalue weighted by molar-refractivity contribution is 7.98. The van der Waals surface area contributed by atoms with Gasteiger partial charge in [0, 0.05) is 24.2 Å². The maximum absolute atomic E-state index is 13.8. The summed E-state index contributed by atoms with van der Waals surface area (Å²) in [7, 11) is 1.39. The molecule has 0 saturated carbocycles. The predicted octanol–water partition coefficient (Wildman–Crippen LogP) is 2.39. The van der Waals surface area contributed by atoms with Crippen molar-refractivity contribution < 1.29 is 34.1 Å². The number of nitrogens with zero attached hydrogens (tertiary/aromatic N) is 1. The number of aliphatic carboxylic acids is 1. The monoisotopic (exact) mass is 513 g/mol. The molecule has 4 rings (SSSR count). The number of aromatic hydroxyl groups is 1. The van der Waals surface area contributed by atoms with E-state index < -0.39 is 41.2 Å². The van der Waals surface area contributed by atoms with Crippen LogP contribution in [-0.4, -0.2) is 58.6 Å². The molecular weight excluding hydrogens is 486 g/mol. The Morgan fingerprint density at radius 1 is 1.17 bits per heavy atom. The molecule has 2 fully saturated rings. The van der Waals surface area contributed by atoms with Gasteiger partial charge in [0.2, 0.25) is 17.7 Å². The number of thioether (sulfide) groups is 1. The second kappa shape index (κ2) is 9.82. The van der Waals surface area contributed by atoms with Gasteiger partial charge in [-0.15, -0.1) is 0 Å². The fourth-order valence-corrected chi connectivity index (χ4v) is 5.70. The molecule has 190 valence electrons. The van der Waals surface area contributed by atoms with Crippen molar-refractivity contribution in [3.8, 4) is 11.5 Å².